The van der Waals surface area contributed by atoms with E-state index in [2.05, 4.69) is 49.5 Å². The molecule has 0 aliphatic carbocycles. The molecule has 5 heteroatoms. The van der Waals surface area contributed by atoms with Gasteiger partial charge in [0.2, 0.25) is 16.3 Å². The highest BCUT2D eigenvalue weighted by Gasteiger charge is 2.40. The van der Waals surface area contributed by atoms with E-state index in [0.717, 1.165) is 44.0 Å². The second-order valence-electron chi connectivity index (χ2n) is 12.0. The van der Waals surface area contributed by atoms with Gasteiger partial charge in [-0.1, -0.05) is 88.4 Å². The predicted molar refractivity (Wildman–Crippen MR) is 164 cm³/mol. The summed E-state index contributed by atoms with van der Waals surface area (Å²) in [6.45, 7) is 8.27. The van der Waals surface area contributed by atoms with Crippen LogP contribution in [0.2, 0.25) is 0 Å². The molecule has 0 radical (unpaired) electrons. The summed E-state index contributed by atoms with van der Waals surface area (Å²) < 4.78 is 0. The van der Waals surface area contributed by atoms with Crippen molar-refractivity contribution in [2.45, 2.75) is 44.6 Å². The summed E-state index contributed by atoms with van der Waals surface area (Å²) in [6.07, 6.45) is 3.19. The van der Waals surface area contributed by atoms with E-state index in [1.807, 2.05) is 56.3 Å². The van der Waals surface area contributed by atoms with E-state index in [0.29, 0.717) is 5.71 Å². The first-order valence-corrected chi connectivity index (χ1v) is 13.6. The van der Waals surface area contributed by atoms with Crippen LogP contribution in [0.15, 0.2) is 92.2 Å². The van der Waals surface area contributed by atoms with Crippen LogP contribution in [0.5, 0.6) is 0 Å². The van der Waals surface area contributed by atoms with E-state index >= 15 is 0 Å². The van der Waals surface area contributed by atoms with E-state index in [1.54, 1.807) is 6.08 Å². The Morgan fingerprint density at radius 1 is 0.700 bits per heavy atom. The first kappa shape index (κ1) is 24.4. The van der Waals surface area contributed by atoms with Crippen molar-refractivity contribution in [2.24, 2.45) is 4.99 Å². The lowest BCUT2D eigenvalue weighted by Gasteiger charge is -2.25. The predicted octanol–water partition coefficient (Wildman–Crippen LogP) is 4.35. The molecule has 0 saturated heterocycles. The molecule has 0 spiro atoms. The standard InChI is InChI=1S/C35H28N2O3/c1-34(2)27(36-25-15-13-19-9-5-7-11-21(19)29(25)34)17-23-31(38)24(33(40)32(23)39)18-28-35(3,4)30-22-12-8-6-10-20(22)14-16-26(30)37-28/h5-18,27,36H,1-4H3. The SMILES string of the molecule is CC1(C)C(C=c2c(=O)c(=O)c(=CC3Nc4ccc5ccccc5c4C3(C)C)c2=O)=Nc2ccc3ccccc3c21. The molecular formula is C35H28N2O3. The minimum Gasteiger partial charge on any atom is -0.378 e. The van der Waals surface area contributed by atoms with Crippen molar-refractivity contribution in [3.8, 4) is 0 Å². The number of nitrogens with zero attached hydrogens (tertiary/aromatic N) is 1. The summed E-state index contributed by atoms with van der Waals surface area (Å²) >= 11 is 0. The van der Waals surface area contributed by atoms with Crippen molar-refractivity contribution in [3.05, 3.63) is 125 Å². The van der Waals surface area contributed by atoms with Crippen LogP contribution < -0.4 is 32.0 Å². The fourth-order valence-corrected chi connectivity index (χ4v) is 6.64. The molecular weight excluding hydrogens is 496 g/mol. The van der Waals surface area contributed by atoms with Gasteiger partial charge in [0.15, 0.2) is 0 Å². The van der Waals surface area contributed by atoms with Crippen molar-refractivity contribution in [1.82, 2.24) is 0 Å². The maximum Gasteiger partial charge on any atom is 0.237 e. The third-order valence-electron chi connectivity index (χ3n) is 8.87. The van der Waals surface area contributed by atoms with E-state index in [9.17, 15) is 14.4 Å². The average molecular weight is 525 g/mol. The molecule has 1 N–H and O–H groups in total. The zero-order valence-corrected chi connectivity index (χ0v) is 22.8. The molecule has 0 amide bonds. The molecule has 5 aromatic rings. The number of fused-ring (bicyclic) bond motifs is 6. The minimum atomic E-state index is -0.769. The van der Waals surface area contributed by atoms with E-state index in [-0.39, 0.29) is 16.5 Å². The molecule has 2 aliphatic rings. The largest absolute Gasteiger partial charge is 0.378 e. The van der Waals surface area contributed by atoms with Gasteiger partial charge >= 0.3 is 0 Å². The molecule has 0 aromatic heterocycles. The van der Waals surface area contributed by atoms with Crippen LogP contribution in [0.4, 0.5) is 11.4 Å². The van der Waals surface area contributed by atoms with Gasteiger partial charge in [-0.25, -0.2) is 0 Å². The first-order valence-electron chi connectivity index (χ1n) is 13.6. The number of benzene rings is 4. The Balaban J connectivity index is 1.36. The number of aliphatic imine (C=N–C) groups is 1. The monoisotopic (exact) mass is 524 g/mol. The maximum atomic E-state index is 13.6. The van der Waals surface area contributed by atoms with E-state index in [4.69, 9.17) is 4.99 Å². The van der Waals surface area contributed by atoms with Gasteiger partial charge < -0.3 is 5.32 Å². The number of hydrogen-bond acceptors (Lipinski definition) is 5. The van der Waals surface area contributed by atoms with Crippen molar-refractivity contribution in [1.29, 1.82) is 0 Å². The Hall–Kier alpha value is -4.64. The Bertz CT molecular complexity index is 2210. The Morgan fingerprint density at radius 2 is 1.30 bits per heavy atom. The summed E-state index contributed by atoms with van der Waals surface area (Å²) in [4.78, 5) is 44.8. The highest BCUT2D eigenvalue weighted by molar-refractivity contribution is 6.21. The summed E-state index contributed by atoms with van der Waals surface area (Å²) in [5, 5.41) is 7.77. The van der Waals surface area contributed by atoms with Crippen LogP contribution in [-0.4, -0.2) is 11.8 Å². The molecule has 1 atom stereocenters. The third-order valence-corrected chi connectivity index (χ3v) is 8.87. The normalized spacial score (nSPS) is 19.6. The van der Waals surface area contributed by atoms with Gasteiger partial charge in [0.05, 0.1) is 27.9 Å². The smallest absolute Gasteiger partial charge is 0.237 e. The van der Waals surface area contributed by atoms with Crippen LogP contribution in [0, 0.1) is 0 Å². The minimum absolute atomic E-state index is 0.0710. The summed E-state index contributed by atoms with van der Waals surface area (Å²) in [5.41, 5.74) is 1.56. The Morgan fingerprint density at radius 3 is 2.00 bits per heavy atom. The van der Waals surface area contributed by atoms with Gasteiger partial charge in [-0.05, 0) is 57.0 Å². The van der Waals surface area contributed by atoms with Gasteiger partial charge in [0.1, 0.15) is 0 Å². The Labute approximate surface area is 230 Å². The van der Waals surface area contributed by atoms with Gasteiger partial charge in [-0.3, -0.25) is 19.4 Å². The fraction of sp³-hybridized carbons (Fsp3) is 0.200. The van der Waals surface area contributed by atoms with Crippen LogP contribution >= 0.6 is 0 Å². The van der Waals surface area contributed by atoms with Crippen LogP contribution in [0.3, 0.4) is 0 Å². The van der Waals surface area contributed by atoms with Crippen molar-refractivity contribution < 1.29 is 0 Å². The quantitative estimate of drug-likeness (QED) is 0.349. The zero-order chi connectivity index (χ0) is 28.0. The second kappa shape index (κ2) is 8.18. The molecule has 196 valence electrons. The van der Waals surface area contributed by atoms with Crippen LogP contribution in [-0.2, 0) is 10.8 Å². The highest BCUT2D eigenvalue weighted by Crippen LogP contribution is 2.46. The van der Waals surface area contributed by atoms with Crippen LogP contribution in [0.1, 0.15) is 38.8 Å². The number of nitrogens with one attached hydrogen (secondary N) is 1. The third kappa shape index (κ3) is 3.27. The molecule has 40 heavy (non-hydrogen) atoms. The van der Waals surface area contributed by atoms with E-state index < -0.39 is 27.1 Å². The molecule has 2 aliphatic heterocycles. The Kier molecular flexibility index (Phi) is 4.99. The van der Waals surface area contributed by atoms with Gasteiger partial charge in [-0.15, -0.1) is 0 Å². The molecule has 1 unspecified atom stereocenters. The molecule has 5 nitrogen and oxygen atoms in total. The fourth-order valence-electron chi connectivity index (χ4n) is 6.64. The van der Waals surface area contributed by atoms with Gasteiger partial charge in [-0.2, -0.15) is 0 Å². The van der Waals surface area contributed by atoms with Gasteiger partial charge in [0.25, 0.3) is 0 Å². The van der Waals surface area contributed by atoms with E-state index in [1.165, 1.54) is 6.08 Å². The van der Waals surface area contributed by atoms with Crippen LogP contribution in [0.25, 0.3) is 33.7 Å². The van der Waals surface area contributed by atoms with Crippen molar-refractivity contribution in [3.63, 3.8) is 0 Å². The molecule has 0 saturated carbocycles. The number of hydrogen-bond donors (Lipinski definition) is 1. The lowest BCUT2D eigenvalue weighted by atomic mass is 9.78. The summed E-state index contributed by atoms with van der Waals surface area (Å²) in [7, 11) is 0. The lowest BCUT2D eigenvalue weighted by Crippen LogP contribution is -2.41. The first-order chi connectivity index (χ1) is 19.1. The second-order valence-corrected chi connectivity index (χ2v) is 12.0. The molecule has 5 aromatic carbocycles. The lowest BCUT2D eigenvalue weighted by molar-refractivity contribution is 0.536. The summed E-state index contributed by atoms with van der Waals surface area (Å²) in [6, 6.07) is 24.1. The number of rotatable bonds is 2. The van der Waals surface area contributed by atoms with Crippen molar-refractivity contribution >= 4 is 50.8 Å². The highest BCUT2D eigenvalue weighted by atomic mass is 16.2. The molecule has 7 rings (SSSR count). The summed E-state index contributed by atoms with van der Waals surface area (Å²) in [5.74, 6) is 0. The van der Waals surface area contributed by atoms with Gasteiger partial charge in [0, 0.05) is 16.5 Å². The topological polar surface area (TPSA) is 75.6 Å². The average Bonchev–Trinajstić information content (AvgIpc) is 3.44. The molecule has 2 heterocycles. The molecule has 0 fully saturated rings. The number of anilines is 1. The van der Waals surface area contributed by atoms with Crippen molar-refractivity contribution in [2.75, 3.05) is 5.32 Å². The zero-order valence-electron chi connectivity index (χ0n) is 22.8. The molecule has 0 bridgehead atoms. The maximum absolute atomic E-state index is 13.6.